The van der Waals surface area contributed by atoms with Gasteiger partial charge in [0.15, 0.2) is 0 Å². The largest absolute Gasteiger partial charge is 0.495 e. The lowest BCUT2D eigenvalue weighted by molar-refractivity contribution is 0.150. The molecule has 1 unspecified atom stereocenters. The molecule has 5 nitrogen and oxygen atoms in total. The van der Waals surface area contributed by atoms with Crippen LogP contribution < -0.4 is 15.4 Å². The number of urea groups is 1. The molecular formula is C13H18N2O3. The minimum absolute atomic E-state index is 0.283. The Bertz CT molecular complexity index is 418. The van der Waals surface area contributed by atoms with Crippen LogP contribution in [-0.4, -0.2) is 30.9 Å². The minimum atomic E-state index is -0.437. The average molecular weight is 250 g/mol. The van der Waals surface area contributed by atoms with Gasteiger partial charge >= 0.3 is 6.03 Å². The van der Waals surface area contributed by atoms with Gasteiger partial charge in [-0.2, -0.15) is 0 Å². The topological polar surface area (TPSA) is 70.6 Å². The summed E-state index contributed by atoms with van der Waals surface area (Å²) in [5.41, 5.74) is 0.610. The fraction of sp³-hybridized carbons (Fsp3) is 0.462. The van der Waals surface area contributed by atoms with Crippen LogP contribution in [0.4, 0.5) is 10.5 Å². The number of anilines is 1. The Kier molecular flexibility index (Phi) is 4.04. The van der Waals surface area contributed by atoms with Gasteiger partial charge in [-0.05, 0) is 30.9 Å². The number of hydrogen-bond donors (Lipinski definition) is 3. The van der Waals surface area contributed by atoms with Crippen LogP contribution in [0.15, 0.2) is 24.3 Å². The van der Waals surface area contributed by atoms with Crippen molar-refractivity contribution in [3.05, 3.63) is 24.3 Å². The van der Waals surface area contributed by atoms with Crippen molar-refractivity contribution in [1.29, 1.82) is 0 Å². The maximum Gasteiger partial charge on any atom is 0.319 e. The first-order valence-electron chi connectivity index (χ1n) is 6.06. The number of carbonyl (C=O) groups excluding carboxylic acids is 1. The van der Waals surface area contributed by atoms with E-state index in [1.165, 1.54) is 0 Å². The molecule has 1 fully saturated rings. The van der Waals surface area contributed by atoms with Crippen LogP contribution in [0.25, 0.3) is 0 Å². The zero-order chi connectivity index (χ0) is 13.0. The Morgan fingerprint density at radius 1 is 1.50 bits per heavy atom. The van der Waals surface area contributed by atoms with Crippen LogP contribution in [0.2, 0.25) is 0 Å². The number of ether oxygens (including phenoxy) is 1. The van der Waals surface area contributed by atoms with Crippen LogP contribution in [0, 0.1) is 5.92 Å². The second-order valence-corrected chi connectivity index (χ2v) is 4.44. The van der Waals surface area contributed by atoms with Gasteiger partial charge in [0.1, 0.15) is 5.75 Å². The molecule has 18 heavy (non-hydrogen) atoms. The quantitative estimate of drug-likeness (QED) is 0.743. The summed E-state index contributed by atoms with van der Waals surface area (Å²) in [5.74, 6) is 0.965. The molecule has 0 bridgehead atoms. The van der Waals surface area contributed by atoms with Gasteiger partial charge < -0.3 is 20.5 Å². The number of benzene rings is 1. The van der Waals surface area contributed by atoms with E-state index in [-0.39, 0.29) is 12.6 Å². The predicted molar refractivity (Wildman–Crippen MR) is 68.7 cm³/mol. The van der Waals surface area contributed by atoms with E-state index in [2.05, 4.69) is 10.6 Å². The van der Waals surface area contributed by atoms with Crippen molar-refractivity contribution in [3.63, 3.8) is 0 Å². The molecule has 5 heteroatoms. The molecule has 3 N–H and O–H groups in total. The van der Waals surface area contributed by atoms with Crippen LogP contribution >= 0.6 is 0 Å². The van der Waals surface area contributed by atoms with Gasteiger partial charge in [0.05, 0.1) is 18.9 Å². The molecule has 0 aromatic heterocycles. The number of rotatable bonds is 5. The van der Waals surface area contributed by atoms with Crippen molar-refractivity contribution in [1.82, 2.24) is 5.32 Å². The summed E-state index contributed by atoms with van der Waals surface area (Å²) in [5, 5.41) is 15.0. The highest BCUT2D eigenvalue weighted by molar-refractivity contribution is 5.90. The smallest absolute Gasteiger partial charge is 0.319 e. The van der Waals surface area contributed by atoms with Crippen molar-refractivity contribution in [2.45, 2.75) is 18.9 Å². The van der Waals surface area contributed by atoms with E-state index in [1.807, 2.05) is 12.1 Å². The first-order chi connectivity index (χ1) is 8.70. The van der Waals surface area contributed by atoms with Gasteiger partial charge in [-0.3, -0.25) is 0 Å². The number of aliphatic hydroxyl groups excluding tert-OH is 1. The lowest BCUT2D eigenvalue weighted by atomic mass is 10.2. The number of methoxy groups -OCH3 is 1. The number of carbonyl (C=O) groups is 1. The van der Waals surface area contributed by atoms with Crippen LogP contribution in [0.3, 0.4) is 0 Å². The second-order valence-electron chi connectivity index (χ2n) is 4.44. The van der Waals surface area contributed by atoms with Gasteiger partial charge in [-0.15, -0.1) is 0 Å². The molecule has 0 aliphatic heterocycles. The number of hydrogen-bond acceptors (Lipinski definition) is 3. The lowest BCUT2D eigenvalue weighted by Crippen LogP contribution is -2.36. The summed E-state index contributed by atoms with van der Waals surface area (Å²) in [6.07, 6.45) is 1.67. The fourth-order valence-electron chi connectivity index (χ4n) is 1.76. The highest BCUT2D eigenvalue weighted by Crippen LogP contribution is 2.32. The van der Waals surface area contributed by atoms with Gasteiger partial charge in [0, 0.05) is 6.54 Å². The molecular weight excluding hydrogens is 232 g/mol. The summed E-state index contributed by atoms with van der Waals surface area (Å²) in [4.78, 5) is 11.6. The van der Waals surface area contributed by atoms with Crippen molar-refractivity contribution in [2.75, 3.05) is 19.0 Å². The van der Waals surface area contributed by atoms with E-state index in [0.717, 1.165) is 12.8 Å². The van der Waals surface area contributed by atoms with Crippen LogP contribution in [-0.2, 0) is 0 Å². The third-order valence-corrected chi connectivity index (χ3v) is 2.99. The maximum absolute atomic E-state index is 11.6. The number of para-hydroxylation sites is 2. The summed E-state index contributed by atoms with van der Waals surface area (Å²) >= 11 is 0. The average Bonchev–Trinajstić information content (AvgIpc) is 3.21. The van der Waals surface area contributed by atoms with Gasteiger partial charge in [-0.1, -0.05) is 12.1 Å². The lowest BCUT2D eigenvalue weighted by Gasteiger charge is -2.13. The van der Waals surface area contributed by atoms with E-state index in [4.69, 9.17) is 4.74 Å². The molecule has 1 aliphatic rings. The molecule has 1 aliphatic carbocycles. The molecule has 1 aromatic rings. The van der Waals surface area contributed by atoms with Crippen LogP contribution in [0.5, 0.6) is 5.75 Å². The Morgan fingerprint density at radius 3 is 2.89 bits per heavy atom. The standard InChI is InChI=1S/C13H18N2O3/c1-18-12-5-3-2-4-10(12)15-13(17)14-8-11(16)9-6-7-9/h2-5,9,11,16H,6-8H2,1H3,(H2,14,15,17). The van der Waals surface area contributed by atoms with E-state index in [0.29, 0.717) is 17.4 Å². The Hall–Kier alpha value is -1.75. The molecule has 1 saturated carbocycles. The molecule has 0 heterocycles. The minimum Gasteiger partial charge on any atom is -0.495 e. The van der Waals surface area contributed by atoms with Crippen molar-refractivity contribution < 1.29 is 14.6 Å². The first kappa shape index (κ1) is 12.7. The Morgan fingerprint density at radius 2 is 2.22 bits per heavy atom. The van der Waals surface area contributed by atoms with Crippen LogP contribution in [0.1, 0.15) is 12.8 Å². The zero-order valence-corrected chi connectivity index (χ0v) is 10.3. The molecule has 2 amide bonds. The normalized spacial score (nSPS) is 15.9. The number of aliphatic hydroxyl groups is 1. The first-order valence-corrected chi connectivity index (χ1v) is 6.06. The highest BCUT2D eigenvalue weighted by atomic mass is 16.5. The summed E-state index contributed by atoms with van der Waals surface area (Å²) in [6.45, 7) is 0.283. The summed E-state index contributed by atoms with van der Waals surface area (Å²) < 4.78 is 5.13. The number of nitrogens with one attached hydrogen (secondary N) is 2. The van der Waals surface area contributed by atoms with E-state index < -0.39 is 6.10 Å². The molecule has 0 saturated heterocycles. The summed E-state index contributed by atoms with van der Waals surface area (Å²) in [6, 6.07) is 6.85. The highest BCUT2D eigenvalue weighted by Gasteiger charge is 2.29. The molecule has 2 rings (SSSR count). The van der Waals surface area contributed by atoms with Gasteiger partial charge in [0.2, 0.25) is 0 Å². The third kappa shape index (κ3) is 3.37. The zero-order valence-electron chi connectivity index (χ0n) is 10.3. The van der Waals surface area contributed by atoms with Gasteiger partial charge in [0.25, 0.3) is 0 Å². The predicted octanol–water partition coefficient (Wildman–Crippen LogP) is 1.59. The van der Waals surface area contributed by atoms with E-state index >= 15 is 0 Å². The van der Waals surface area contributed by atoms with E-state index in [9.17, 15) is 9.90 Å². The van der Waals surface area contributed by atoms with Crippen molar-refractivity contribution in [2.24, 2.45) is 5.92 Å². The fourth-order valence-corrected chi connectivity index (χ4v) is 1.76. The maximum atomic E-state index is 11.6. The SMILES string of the molecule is COc1ccccc1NC(=O)NCC(O)C1CC1. The van der Waals surface area contributed by atoms with E-state index in [1.54, 1.807) is 19.2 Å². The monoisotopic (exact) mass is 250 g/mol. The Labute approximate surface area is 106 Å². The molecule has 1 aromatic carbocycles. The van der Waals surface area contributed by atoms with Crippen molar-refractivity contribution >= 4 is 11.7 Å². The Balaban J connectivity index is 1.82. The second kappa shape index (κ2) is 5.73. The molecule has 0 radical (unpaired) electrons. The molecule has 0 spiro atoms. The summed E-state index contributed by atoms with van der Waals surface area (Å²) in [7, 11) is 1.55. The van der Waals surface area contributed by atoms with Gasteiger partial charge in [-0.25, -0.2) is 4.79 Å². The van der Waals surface area contributed by atoms with Crippen molar-refractivity contribution in [3.8, 4) is 5.75 Å². The third-order valence-electron chi connectivity index (χ3n) is 2.99. The molecule has 1 atom stereocenters. The molecule has 98 valence electrons. The number of amides is 2.